The molecule has 154 valence electrons. The summed E-state index contributed by atoms with van der Waals surface area (Å²) in [5.74, 6) is 3.48. The van der Waals surface area contributed by atoms with Crippen LogP contribution in [0.25, 0.3) is 11.0 Å². The first-order valence-electron chi connectivity index (χ1n) is 10.2. The molecule has 4 aromatic rings. The van der Waals surface area contributed by atoms with Crippen LogP contribution < -0.4 is 10.1 Å². The van der Waals surface area contributed by atoms with E-state index in [-0.39, 0.29) is 6.04 Å². The second-order valence-electron chi connectivity index (χ2n) is 7.59. The molecule has 2 aromatic heterocycles. The monoisotopic (exact) mass is 401 g/mol. The van der Waals surface area contributed by atoms with Crippen LogP contribution in [0.5, 0.6) is 5.75 Å². The van der Waals surface area contributed by atoms with Gasteiger partial charge in [0.05, 0.1) is 30.4 Å². The van der Waals surface area contributed by atoms with Crippen molar-refractivity contribution in [2.24, 2.45) is 0 Å². The molecule has 0 aliphatic rings. The summed E-state index contributed by atoms with van der Waals surface area (Å²) < 4.78 is 7.67. The molecule has 0 aliphatic carbocycles. The Hall–Kier alpha value is -3.41. The fourth-order valence-electron chi connectivity index (χ4n) is 3.85. The van der Waals surface area contributed by atoms with Crippen LogP contribution in [0.2, 0.25) is 0 Å². The summed E-state index contributed by atoms with van der Waals surface area (Å²) in [7, 11) is 1.71. The van der Waals surface area contributed by atoms with E-state index < -0.39 is 0 Å². The third-order valence-electron chi connectivity index (χ3n) is 5.17. The van der Waals surface area contributed by atoms with Crippen molar-refractivity contribution in [3.05, 3.63) is 77.5 Å². The Balaban J connectivity index is 1.54. The van der Waals surface area contributed by atoms with Gasteiger partial charge in [-0.25, -0.2) is 15.0 Å². The fraction of sp³-hybridized carbons (Fsp3) is 0.292. The van der Waals surface area contributed by atoms with Crippen LogP contribution in [0.3, 0.4) is 0 Å². The number of ether oxygens (including phenoxy) is 1. The molecule has 0 saturated heterocycles. The summed E-state index contributed by atoms with van der Waals surface area (Å²) in [4.78, 5) is 13.9. The fourth-order valence-corrected chi connectivity index (χ4v) is 3.85. The first-order valence-corrected chi connectivity index (χ1v) is 10.2. The van der Waals surface area contributed by atoms with Crippen molar-refractivity contribution in [1.29, 1.82) is 0 Å². The summed E-state index contributed by atoms with van der Waals surface area (Å²) in [6.07, 6.45) is 0.841. The molecule has 2 heterocycles. The number of para-hydroxylation sites is 3. The highest BCUT2D eigenvalue weighted by Gasteiger charge is 2.12. The van der Waals surface area contributed by atoms with Gasteiger partial charge < -0.3 is 14.6 Å². The normalized spacial score (nSPS) is 12.1. The number of nitrogens with one attached hydrogen (secondary N) is 1. The standard InChI is InChI=1S/C24H27N5O/c1-16(13-19-9-5-8-12-23(19)30-4)25-24-14-20(26-17(2)27-24)15-29-18(3)28-21-10-6-7-11-22(21)29/h5-12,14,16H,13,15H2,1-4H3,(H,25,26,27). The summed E-state index contributed by atoms with van der Waals surface area (Å²) in [5.41, 5.74) is 4.25. The van der Waals surface area contributed by atoms with Crippen molar-refractivity contribution >= 4 is 16.9 Å². The lowest BCUT2D eigenvalue weighted by atomic mass is 10.1. The lowest BCUT2D eigenvalue weighted by molar-refractivity contribution is 0.409. The number of fused-ring (bicyclic) bond motifs is 1. The van der Waals surface area contributed by atoms with E-state index in [1.807, 2.05) is 56.3 Å². The zero-order chi connectivity index (χ0) is 21.1. The van der Waals surface area contributed by atoms with Gasteiger partial charge in [-0.15, -0.1) is 0 Å². The molecule has 0 radical (unpaired) electrons. The lowest BCUT2D eigenvalue weighted by Gasteiger charge is -2.17. The van der Waals surface area contributed by atoms with E-state index in [0.717, 1.165) is 46.4 Å². The number of hydrogen-bond donors (Lipinski definition) is 1. The highest BCUT2D eigenvalue weighted by molar-refractivity contribution is 5.75. The second-order valence-corrected chi connectivity index (χ2v) is 7.59. The number of hydrogen-bond acceptors (Lipinski definition) is 5. The molecule has 2 aromatic carbocycles. The number of methoxy groups -OCH3 is 1. The Labute approximate surface area is 177 Å². The van der Waals surface area contributed by atoms with Crippen LogP contribution in [0.1, 0.15) is 29.8 Å². The smallest absolute Gasteiger partial charge is 0.130 e. The van der Waals surface area contributed by atoms with E-state index in [2.05, 4.69) is 43.9 Å². The molecule has 0 bridgehead atoms. The van der Waals surface area contributed by atoms with Gasteiger partial charge in [-0.1, -0.05) is 30.3 Å². The van der Waals surface area contributed by atoms with Crippen molar-refractivity contribution in [2.45, 2.75) is 39.8 Å². The lowest BCUT2D eigenvalue weighted by Crippen LogP contribution is -2.20. The largest absolute Gasteiger partial charge is 0.496 e. The first-order chi connectivity index (χ1) is 14.5. The molecule has 0 saturated carbocycles. The molecular formula is C24H27N5O. The molecule has 0 amide bonds. The Kier molecular flexibility index (Phi) is 5.65. The van der Waals surface area contributed by atoms with E-state index in [4.69, 9.17) is 4.74 Å². The van der Waals surface area contributed by atoms with Gasteiger partial charge in [0.1, 0.15) is 23.2 Å². The molecular weight excluding hydrogens is 374 g/mol. The number of benzene rings is 2. The van der Waals surface area contributed by atoms with Crippen LogP contribution in [-0.4, -0.2) is 32.7 Å². The highest BCUT2D eigenvalue weighted by Crippen LogP contribution is 2.21. The Morgan fingerprint density at radius 3 is 2.60 bits per heavy atom. The maximum Gasteiger partial charge on any atom is 0.130 e. The summed E-state index contributed by atoms with van der Waals surface area (Å²) in [5, 5.41) is 3.52. The second kappa shape index (κ2) is 8.53. The third kappa shape index (κ3) is 4.27. The topological polar surface area (TPSA) is 64.9 Å². The van der Waals surface area contributed by atoms with E-state index in [9.17, 15) is 0 Å². The predicted octanol–water partition coefficient (Wildman–Crippen LogP) is 4.54. The average Bonchev–Trinajstić information content (AvgIpc) is 3.03. The third-order valence-corrected chi connectivity index (χ3v) is 5.17. The molecule has 6 nitrogen and oxygen atoms in total. The van der Waals surface area contributed by atoms with Gasteiger partial charge in [-0.2, -0.15) is 0 Å². The average molecular weight is 402 g/mol. The van der Waals surface area contributed by atoms with Gasteiger partial charge in [-0.3, -0.25) is 0 Å². The number of aryl methyl sites for hydroxylation is 2. The molecule has 0 fully saturated rings. The number of rotatable bonds is 7. The molecule has 1 atom stereocenters. The van der Waals surface area contributed by atoms with Crippen molar-refractivity contribution < 1.29 is 4.74 Å². The zero-order valence-corrected chi connectivity index (χ0v) is 17.9. The molecule has 1 unspecified atom stereocenters. The number of nitrogens with zero attached hydrogens (tertiary/aromatic N) is 4. The molecule has 30 heavy (non-hydrogen) atoms. The first kappa shape index (κ1) is 19.9. The Bertz CT molecular complexity index is 1170. The predicted molar refractivity (Wildman–Crippen MR) is 120 cm³/mol. The number of aromatic nitrogens is 4. The molecule has 0 aliphatic heterocycles. The van der Waals surface area contributed by atoms with Gasteiger partial charge in [0.25, 0.3) is 0 Å². The molecule has 6 heteroatoms. The maximum absolute atomic E-state index is 5.48. The molecule has 4 rings (SSSR count). The summed E-state index contributed by atoms with van der Waals surface area (Å²) >= 11 is 0. The van der Waals surface area contributed by atoms with Crippen LogP contribution >= 0.6 is 0 Å². The van der Waals surface area contributed by atoms with Gasteiger partial charge >= 0.3 is 0 Å². The van der Waals surface area contributed by atoms with E-state index in [1.165, 1.54) is 5.56 Å². The number of anilines is 1. The Morgan fingerprint density at radius 2 is 1.77 bits per heavy atom. The van der Waals surface area contributed by atoms with Gasteiger partial charge in [0.2, 0.25) is 0 Å². The van der Waals surface area contributed by atoms with Crippen LogP contribution in [0.15, 0.2) is 54.6 Å². The van der Waals surface area contributed by atoms with Gasteiger partial charge in [0, 0.05) is 12.1 Å². The quantitative estimate of drug-likeness (QED) is 0.492. The minimum atomic E-state index is 0.194. The molecule has 0 spiro atoms. The van der Waals surface area contributed by atoms with Crippen LogP contribution in [0.4, 0.5) is 5.82 Å². The van der Waals surface area contributed by atoms with E-state index in [1.54, 1.807) is 7.11 Å². The van der Waals surface area contributed by atoms with Crippen molar-refractivity contribution in [2.75, 3.05) is 12.4 Å². The van der Waals surface area contributed by atoms with Crippen molar-refractivity contribution in [3.63, 3.8) is 0 Å². The van der Waals surface area contributed by atoms with E-state index in [0.29, 0.717) is 6.54 Å². The van der Waals surface area contributed by atoms with Crippen molar-refractivity contribution in [3.8, 4) is 5.75 Å². The number of imidazole rings is 1. The van der Waals surface area contributed by atoms with Gasteiger partial charge in [-0.05, 0) is 51.0 Å². The SMILES string of the molecule is COc1ccccc1CC(C)Nc1cc(Cn2c(C)nc3ccccc32)nc(C)n1. The zero-order valence-electron chi connectivity index (χ0n) is 17.9. The molecule has 1 N–H and O–H groups in total. The van der Waals surface area contributed by atoms with E-state index >= 15 is 0 Å². The minimum Gasteiger partial charge on any atom is -0.496 e. The van der Waals surface area contributed by atoms with Crippen LogP contribution in [0, 0.1) is 13.8 Å². The van der Waals surface area contributed by atoms with Crippen molar-refractivity contribution in [1.82, 2.24) is 19.5 Å². The summed E-state index contributed by atoms with van der Waals surface area (Å²) in [6.45, 7) is 6.77. The summed E-state index contributed by atoms with van der Waals surface area (Å²) in [6, 6.07) is 18.5. The van der Waals surface area contributed by atoms with Crippen LogP contribution in [-0.2, 0) is 13.0 Å². The maximum atomic E-state index is 5.48. The minimum absolute atomic E-state index is 0.194. The van der Waals surface area contributed by atoms with Gasteiger partial charge in [0.15, 0.2) is 0 Å². The highest BCUT2D eigenvalue weighted by atomic mass is 16.5. The Morgan fingerprint density at radius 1 is 1.00 bits per heavy atom.